The van der Waals surface area contributed by atoms with Crippen LogP contribution in [0.4, 0.5) is 0 Å². The Kier molecular flexibility index (Phi) is 42.1. The Morgan fingerprint density at radius 1 is 0.411 bits per heavy atom. The third-order valence-corrected chi connectivity index (χ3v) is 9.10. The van der Waals surface area contributed by atoms with Gasteiger partial charge in [0, 0.05) is 19.6 Å². The van der Waals surface area contributed by atoms with Gasteiger partial charge < -0.3 is 75.4 Å². The second-order valence-corrected chi connectivity index (χ2v) is 13.4. The van der Waals surface area contributed by atoms with Crippen LogP contribution in [0, 0.1) is 5.92 Å². The summed E-state index contributed by atoms with van der Waals surface area (Å²) in [5, 5.41) is 0. The summed E-state index contributed by atoms with van der Waals surface area (Å²) in [5.74, 6) is -2.08. The molecule has 0 aromatic rings. The maximum absolute atomic E-state index is 13.7. The molecule has 0 aliphatic heterocycles. The lowest BCUT2D eigenvalue weighted by Gasteiger charge is -2.22. The van der Waals surface area contributed by atoms with E-state index >= 15 is 0 Å². The van der Waals surface area contributed by atoms with Crippen LogP contribution in [0.5, 0.6) is 0 Å². The first kappa shape index (κ1) is 54.6. The summed E-state index contributed by atoms with van der Waals surface area (Å²) in [5.41, 5.74) is 0. The first-order valence-corrected chi connectivity index (χ1v) is 21.1. The topological polar surface area (TPSA) is 199 Å². The van der Waals surface area contributed by atoms with Gasteiger partial charge in [0.05, 0.1) is 185 Å². The fourth-order valence-corrected chi connectivity index (χ4v) is 6.08. The second kappa shape index (κ2) is 43.2. The van der Waals surface area contributed by atoms with Crippen LogP contribution in [-0.4, -0.2) is 204 Å². The van der Waals surface area contributed by atoms with Gasteiger partial charge in [0.15, 0.2) is 0 Å². The standard InChI is InChI=1S/C36H71O19P/c1-5-42-9-11-44-13-15-46-17-19-48-21-23-50-25-27-52-29-31-54-56(39,33-34(36(38)41-4)7-8-35(37)40-3)55-32-30-53-28-26-51-24-22-49-20-18-47-16-14-45-12-10-43-6-2/h34H,5-33H2,1-4H3. The van der Waals surface area contributed by atoms with Gasteiger partial charge in [0.25, 0.3) is 0 Å². The van der Waals surface area contributed by atoms with E-state index in [2.05, 4.69) is 4.74 Å². The van der Waals surface area contributed by atoms with E-state index in [4.69, 9.17) is 70.6 Å². The molecule has 0 N–H and O–H groups in total. The highest BCUT2D eigenvalue weighted by Crippen LogP contribution is 2.50. The quantitative estimate of drug-likeness (QED) is 0.0491. The van der Waals surface area contributed by atoms with E-state index in [-0.39, 0.29) is 58.6 Å². The zero-order valence-corrected chi connectivity index (χ0v) is 35.2. The van der Waals surface area contributed by atoms with Crippen molar-refractivity contribution in [1.29, 1.82) is 0 Å². The number of hydrogen-bond donors (Lipinski definition) is 0. The number of methoxy groups -OCH3 is 2. The molecule has 0 saturated heterocycles. The Morgan fingerprint density at radius 3 is 0.929 bits per heavy atom. The molecule has 0 amide bonds. The molecule has 0 aromatic heterocycles. The molecule has 0 rings (SSSR count). The zero-order chi connectivity index (χ0) is 41.1. The first-order chi connectivity index (χ1) is 27.4. The molecule has 0 heterocycles. The molecule has 0 aliphatic rings. The Bertz CT molecular complexity index is 856. The highest BCUT2D eigenvalue weighted by atomic mass is 31.2. The van der Waals surface area contributed by atoms with Crippen molar-refractivity contribution in [3.63, 3.8) is 0 Å². The van der Waals surface area contributed by atoms with Crippen LogP contribution in [0.2, 0.25) is 0 Å². The van der Waals surface area contributed by atoms with Gasteiger partial charge in [-0.3, -0.25) is 14.2 Å². The third kappa shape index (κ3) is 38.1. The molecule has 0 radical (unpaired) electrons. The molecule has 56 heavy (non-hydrogen) atoms. The van der Waals surface area contributed by atoms with Crippen molar-refractivity contribution in [2.75, 3.05) is 192 Å². The van der Waals surface area contributed by atoms with Crippen LogP contribution in [0.3, 0.4) is 0 Å². The largest absolute Gasteiger partial charge is 0.469 e. The molecule has 0 saturated carbocycles. The number of hydrogen-bond acceptors (Lipinski definition) is 19. The summed E-state index contributed by atoms with van der Waals surface area (Å²) in [7, 11) is -1.39. The molecular weight excluding hydrogens is 767 g/mol. The normalized spacial score (nSPS) is 12.3. The molecule has 0 spiro atoms. The van der Waals surface area contributed by atoms with Crippen molar-refractivity contribution in [2.45, 2.75) is 26.7 Å². The van der Waals surface area contributed by atoms with Crippen molar-refractivity contribution in [2.24, 2.45) is 5.92 Å². The van der Waals surface area contributed by atoms with Gasteiger partial charge in [-0.05, 0) is 20.3 Å². The summed E-state index contributed by atoms with van der Waals surface area (Å²) in [6, 6.07) is 0. The highest BCUT2D eigenvalue weighted by molar-refractivity contribution is 7.53. The van der Waals surface area contributed by atoms with Crippen LogP contribution in [0.25, 0.3) is 0 Å². The van der Waals surface area contributed by atoms with Crippen LogP contribution in [-0.2, 0) is 89.5 Å². The Hall–Kier alpha value is -1.39. The predicted molar refractivity (Wildman–Crippen MR) is 202 cm³/mol. The van der Waals surface area contributed by atoms with Gasteiger partial charge in [-0.2, -0.15) is 0 Å². The zero-order valence-electron chi connectivity index (χ0n) is 34.3. The number of esters is 2. The van der Waals surface area contributed by atoms with E-state index in [1.54, 1.807) is 0 Å². The van der Waals surface area contributed by atoms with E-state index in [0.29, 0.717) is 132 Å². The van der Waals surface area contributed by atoms with Gasteiger partial charge in [-0.25, -0.2) is 0 Å². The summed E-state index contributed by atoms with van der Waals surface area (Å²) in [6.45, 7) is 14.1. The minimum atomic E-state index is -3.85. The second-order valence-electron chi connectivity index (χ2n) is 11.3. The van der Waals surface area contributed by atoms with Crippen LogP contribution < -0.4 is 0 Å². The fourth-order valence-electron chi connectivity index (χ4n) is 4.22. The average Bonchev–Trinajstić information content (AvgIpc) is 3.20. The minimum Gasteiger partial charge on any atom is -0.469 e. The van der Waals surface area contributed by atoms with Crippen LogP contribution in [0.15, 0.2) is 0 Å². The first-order valence-electron chi connectivity index (χ1n) is 19.4. The lowest BCUT2D eigenvalue weighted by Crippen LogP contribution is -2.23. The van der Waals surface area contributed by atoms with Crippen molar-refractivity contribution >= 4 is 19.5 Å². The van der Waals surface area contributed by atoms with Gasteiger partial charge in [0.2, 0.25) is 0 Å². The molecule has 0 aliphatic carbocycles. The molecule has 19 nitrogen and oxygen atoms in total. The third-order valence-electron chi connectivity index (χ3n) is 7.06. The Morgan fingerprint density at radius 2 is 0.679 bits per heavy atom. The molecule has 0 aromatic carbocycles. The van der Waals surface area contributed by atoms with Crippen molar-refractivity contribution < 1.29 is 89.5 Å². The number of rotatable bonds is 46. The average molecular weight is 839 g/mol. The minimum absolute atomic E-state index is 0.0416. The lowest BCUT2D eigenvalue weighted by molar-refractivity contribution is -0.146. The van der Waals surface area contributed by atoms with E-state index in [1.807, 2.05) is 13.8 Å². The summed E-state index contributed by atoms with van der Waals surface area (Å²) >= 11 is 0. The summed E-state index contributed by atoms with van der Waals surface area (Å²) in [6.07, 6.45) is -0.333. The number of carbonyl (C=O) groups excluding carboxylic acids is 2. The maximum atomic E-state index is 13.7. The van der Waals surface area contributed by atoms with Crippen molar-refractivity contribution in [3.8, 4) is 0 Å². The molecule has 20 heteroatoms. The smallest absolute Gasteiger partial charge is 0.331 e. The Labute approximate surface area is 333 Å². The monoisotopic (exact) mass is 838 g/mol. The molecule has 334 valence electrons. The van der Waals surface area contributed by atoms with Gasteiger partial charge in [-0.15, -0.1) is 0 Å². The highest BCUT2D eigenvalue weighted by Gasteiger charge is 2.34. The van der Waals surface area contributed by atoms with E-state index in [1.165, 1.54) is 14.2 Å². The molecule has 1 atom stereocenters. The van der Waals surface area contributed by atoms with Crippen LogP contribution >= 0.6 is 7.60 Å². The fraction of sp³-hybridized carbons (Fsp3) is 0.944. The predicted octanol–water partition coefficient (Wildman–Crippen LogP) is 2.19. The SMILES string of the molecule is CCOCCOCCOCCOCCOCCOCCOP(=O)(CC(CCC(=O)OC)C(=O)OC)OCCOCCOCCOCCOCCOCCOCC. The number of ether oxygens (including phenoxy) is 14. The lowest BCUT2D eigenvalue weighted by atomic mass is 10.1. The van der Waals surface area contributed by atoms with Gasteiger partial charge in [-0.1, -0.05) is 0 Å². The molecule has 1 unspecified atom stereocenters. The van der Waals surface area contributed by atoms with E-state index in [0.717, 1.165) is 0 Å². The van der Waals surface area contributed by atoms with Gasteiger partial charge >= 0.3 is 19.5 Å². The van der Waals surface area contributed by atoms with Crippen LogP contribution in [0.1, 0.15) is 26.7 Å². The van der Waals surface area contributed by atoms with Gasteiger partial charge in [0.1, 0.15) is 0 Å². The van der Waals surface area contributed by atoms with E-state index in [9.17, 15) is 14.2 Å². The van der Waals surface area contributed by atoms with Crippen molar-refractivity contribution in [3.05, 3.63) is 0 Å². The number of carbonyl (C=O) groups is 2. The molecule has 0 fully saturated rings. The molecular formula is C36H71O19P. The summed E-state index contributed by atoms with van der Waals surface area (Å²) < 4.78 is 99.5. The summed E-state index contributed by atoms with van der Waals surface area (Å²) in [4.78, 5) is 24.2. The van der Waals surface area contributed by atoms with Crippen molar-refractivity contribution in [1.82, 2.24) is 0 Å². The van der Waals surface area contributed by atoms with E-state index < -0.39 is 25.5 Å². The Balaban J connectivity index is 4.23. The molecule has 0 bridgehead atoms. The maximum Gasteiger partial charge on any atom is 0.331 e.